The normalized spacial score (nSPS) is 19.1. The Bertz CT molecular complexity index is 501. The van der Waals surface area contributed by atoms with Crippen LogP contribution in [0.3, 0.4) is 0 Å². The Hall–Kier alpha value is -2.02. The van der Waals surface area contributed by atoms with Gasteiger partial charge in [-0.2, -0.15) is 5.26 Å². The van der Waals surface area contributed by atoms with Crippen molar-refractivity contribution in [2.75, 3.05) is 13.6 Å². The minimum absolute atomic E-state index is 0.0275. The maximum absolute atomic E-state index is 11.8. The fourth-order valence-electron chi connectivity index (χ4n) is 2.46. The number of rotatable bonds is 3. The SMILES string of the molecule is CC(C)Cc1ccc(C2CN(C#N)C(=O)N2C)cc1. The van der Waals surface area contributed by atoms with E-state index in [9.17, 15) is 4.79 Å². The second-order valence-corrected chi connectivity index (χ2v) is 5.46. The number of urea groups is 1. The zero-order valence-corrected chi connectivity index (χ0v) is 11.6. The lowest BCUT2D eigenvalue weighted by Gasteiger charge is -2.18. The Kier molecular flexibility index (Phi) is 3.75. The van der Waals surface area contributed by atoms with E-state index in [1.165, 1.54) is 10.5 Å². The third-order valence-electron chi connectivity index (χ3n) is 3.48. The van der Waals surface area contributed by atoms with E-state index >= 15 is 0 Å². The van der Waals surface area contributed by atoms with E-state index < -0.39 is 0 Å². The molecule has 1 atom stereocenters. The van der Waals surface area contributed by atoms with Crippen molar-refractivity contribution in [3.63, 3.8) is 0 Å². The Morgan fingerprint density at radius 3 is 2.47 bits per heavy atom. The summed E-state index contributed by atoms with van der Waals surface area (Å²) in [5.74, 6) is 0.635. The number of benzene rings is 1. The Balaban J connectivity index is 2.15. The molecule has 2 amide bonds. The van der Waals surface area contributed by atoms with E-state index in [-0.39, 0.29) is 12.1 Å². The van der Waals surface area contributed by atoms with Crippen molar-refractivity contribution < 1.29 is 4.79 Å². The van der Waals surface area contributed by atoms with Gasteiger partial charge in [0.1, 0.15) is 0 Å². The van der Waals surface area contributed by atoms with Crippen LogP contribution in [0.25, 0.3) is 0 Å². The summed E-state index contributed by atoms with van der Waals surface area (Å²) in [6.07, 6.45) is 2.98. The maximum atomic E-state index is 11.8. The summed E-state index contributed by atoms with van der Waals surface area (Å²) < 4.78 is 0. The third-order valence-corrected chi connectivity index (χ3v) is 3.48. The number of likely N-dealkylation sites (N-methyl/N-ethyl adjacent to an activating group) is 1. The molecule has 2 rings (SSSR count). The van der Waals surface area contributed by atoms with Gasteiger partial charge >= 0.3 is 6.03 Å². The first kappa shape index (κ1) is 13.4. The van der Waals surface area contributed by atoms with Gasteiger partial charge in [0.15, 0.2) is 6.19 Å². The maximum Gasteiger partial charge on any atom is 0.333 e. The van der Waals surface area contributed by atoms with Gasteiger partial charge in [0.25, 0.3) is 0 Å². The highest BCUT2D eigenvalue weighted by Crippen LogP contribution is 2.27. The van der Waals surface area contributed by atoms with Crippen LogP contribution >= 0.6 is 0 Å². The van der Waals surface area contributed by atoms with Gasteiger partial charge < -0.3 is 4.90 Å². The Morgan fingerprint density at radius 1 is 1.37 bits per heavy atom. The van der Waals surface area contributed by atoms with E-state index in [2.05, 4.69) is 38.1 Å². The highest BCUT2D eigenvalue weighted by Gasteiger charge is 2.35. The van der Waals surface area contributed by atoms with Crippen LogP contribution in [0.5, 0.6) is 0 Å². The van der Waals surface area contributed by atoms with Crippen LogP contribution in [0.2, 0.25) is 0 Å². The second kappa shape index (κ2) is 5.31. The summed E-state index contributed by atoms with van der Waals surface area (Å²) in [5.41, 5.74) is 2.39. The molecule has 100 valence electrons. The second-order valence-electron chi connectivity index (χ2n) is 5.46. The highest BCUT2D eigenvalue weighted by molar-refractivity contribution is 5.78. The van der Waals surface area contributed by atoms with Crippen molar-refractivity contribution in [2.45, 2.75) is 26.3 Å². The first-order chi connectivity index (χ1) is 9.02. The van der Waals surface area contributed by atoms with Crippen molar-refractivity contribution in [1.29, 1.82) is 5.26 Å². The summed E-state index contributed by atoms with van der Waals surface area (Å²) in [4.78, 5) is 14.6. The van der Waals surface area contributed by atoms with Crippen LogP contribution in [0, 0.1) is 17.4 Å². The minimum atomic E-state index is -0.223. The first-order valence-electron chi connectivity index (χ1n) is 6.55. The van der Waals surface area contributed by atoms with E-state index in [1.807, 2.05) is 6.19 Å². The molecular weight excluding hydrogens is 238 g/mol. The highest BCUT2D eigenvalue weighted by atomic mass is 16.2. The summed E-state index contributed by atoms with van der Waals surface area (Å²) >= 11 is 0. The average molecular weight is 257 g/mol. The quantitative estimate of drug-likeness (QED) is 0.782. The number of hydrogen-bond donors (Lipinski definition) is 0. The molecule has 1 aliphatic heterocycles. The molecule has 1 heterocycles. The minimum Gasteiger partial charge on any atom is -0.318 e. The summed E-state index contributed by atoms with van der Waals surface area (Å²) in [6, 6.07) is 8.10. The van der Waals surface area contributed by atoms with Gasteiger partial charge in [-0.25, -0.2) is 9.69 Å². The number of amides is 2. The number of hydrogen-bond acceptors (Lipinski definition) is 2. The molecule has 4 nitrogen and oxygen atoms in total. The summed E-state index contributed by atoms with van der Waals surface area (Å²) in [5, 5.41) is 8.89. The van der Waals surface area contributed by atoms with Gasteiger partial charge in [-0.15, -0.1) is 0 Å². The molecule has 1 unspecified atom stereocenters. The molecule has 0 aliphatic carbocycles. The molecule has 0 radical (unpaired) electrons. The Labute approximate surface area is 114 Å². The average Bonchev–Trinajstić information content (AvgIpc) is 2.66. The van der Waals surface area contributed by atoms with Crippen LogP contribution in [0.15, 0.2) is 24.3 Å². The lowest BCUT2D eigenvalue weighted by Crippen LogP contribution is -2.26. The number of carbonyl (C=O) groups is 1. The lowest BCUT2D eigenvalue weighted by molar-refractivity contribution is 0.205. The molecule has 0 bridgehead atoms. The van der Waals surface area contributed by atoms with E-state index in [0.29, 0.717) is 12.5 Å². The van der Waals surface area contributed by atoms with Gasteiger partial charge in [0.2, 0.25) is 0 Å². The number of nitriles is 1. The third kappa shape index (κ3) is 2.70. The summed E-state index contributed by atoms with van der Waals surface area (Å²) in [7, 11) is 1.74. The molecule has 4 heteroatoms. The first-order valence-corrected chi connectivity index (χ1v) is 6.55. The molecule has 1 aromatic carbocycles. The van der Waals surface area contributed by atoms with E-state index in [4.69, 9.17) is 5.26 Å². The predicted octanol–water partition coefficient (Wildman–Crippen LogP) is 2.77. The van der Waals surface area contributed by atoms with Crippen LogP contribution in [-0.4, -0.2) is 29.4 Å². The van der Waals surface area contributed by atoms with Gasteiger partial charge in [-0.3, -0.25) is 0 Å². The molecule has 1 fully saturated rings. The van der Waals surface area contributed by atoms with E-state index in [1.54, 1.807) is 11.9 Å². The van der Waals surface area contributed by atoms with Gasteiger partial charge in [-0.1, -0.05) is 38.1 Å². The summed E-state index contributed by atoms with van der Waals surface area (Å²) in [6.45, 7) is 4.83. The monoisotopic (exact) mass is 257 g/mol. The molecule has 0 aromatic heterocycles. The van der Waals surface area contributed by atoms with Crippen LogP contribution < -0.4 is 0 Å². The molecule has 0 saturated carbocycles. The van der Waals surface area contributed by atoms with Crippen LogP contribution in [0.1, 0.15) is 31.0 Å². The number of nitrogens with zero attached hydrogens (tertiary/aromatic N) is 3. The smallest absolute Gasteiger partial charge is 0.318 e. The zero-order valence-electron chi connectivity index (χ0n) is 11.6. The van der Waals surface area contributed by atoms with Crippen molar-refractivity contribution in [3.8, 4) is 6.19 Å². The van der Waals surface area contributed by atoms with Crippen LogP contribution in [0.4, 0.5) is 4.79 Å². The fourth-order valence-corrected chi connectivity index (χ4v) is 2.46. The zero-order chi connectivity index (χ0) is 14.0. The van der Waals surface area contributed by atoms with Crippen molar-refractivity contribution >= 4 is 6.03 Å². The van der Waals surface area contributed by atoms with Crippen molar-refractivity contribution in [1.82, 2.24) is 9.80 Å². The molecule has 0 spiro atoms. The van der Waals surface area contributed by atoms with Crippen molar-refractivity contribution in [2.24, 2.45) is 5.92 Å². The van der Waals surface area contributed by atoms with Crippen molar-refractivity contribution in [3.05, 3.63) is 35.4 Å². The van der Waals surface area contributed by atoms with Gasteiger partial charge in [0.05, 0.1) is 12.6 Å². The predicted molar refractivity (Wildman–Crippen MR) is 73.2 cm³/mol. The van der Waals surface area contributed by atoms with E-state index in [0.717, 1.165) is 12.0 Å². The van der Waals surface area contributed by atoms with Gasteiger partial charge in [0, 0.05) is 7.05 Å². The fraction of sp³-hybridized carbons (Fsp3) is 0.467. The van der Waals surface area contributed by atoms with Gasteiger partial charge in [-0.05, 0) is 23.5 Å². The molecule has 1 aliphatic rings. The molecular formula is C15H19N3O. The Morgan fingerprint density at radius 2 is 2.00 bits per heavy atom. The molecule has 1 aromatic rings. The largest absolute Gasteiger partial charge is 0.333 e. The topological polar surface area (TPSA) is 47.3 Å². The lowest BCUT2D eigenvalue weighted by atomic mass is 9.99. The standard InChI is InChI=1S/C15H19N3O/c1-11(2)8-12-4-6-13(7-5-12)14-9-18(10-16)15(19)17(14)3/h4-7,11,14H,8-9H2,1-3H3. The molecule has 1 saturated heterocycles. The number of carbonyl (C=O) groups excluding carboxylic acids is 1. The molecule has 19 heavy (non-hydrogen) atoms. The van der Waals surface area contributed by atoms with Crippen LogP contribution in [-0.2, 0) is 6.42 Å². The molecule has 0 N–H and O–H groups in total.